The molecule has 94 valence electrons. The fourth-order valence-electron chi connectivity index (χ4n) is 2.96. The van der Waals surface area contributed by atoms with Crippen molar-refractivity contribution in [2.75, 3.05) is 13.2 Å². The second kappa shape index (κ2) is 5.03. The lowest BCUT2D eigenvalue weighted by atomic mass is 9.94. The summed E-state index contributed by atoms with van der Waals surface area (Å²) in [4.78, 5) is 0. The van der Waals surface area contributed by atoms with Gasteiger partial charge in [-0.15, -0.1) is 0 Å². The van der Waals surface area contributed by atoms with Crippen molar-refractivity contribution in [2.45, 2.75) is 63.7 Å². The molecular formula is C13H25NO2. The number of hydrogen-bond donors (Lipinski definition) is 2. The van der Waals surface area contributed by atoms with Gasteiger partial charge < -0.3 is 15.2 Å². The van der Waals surface area contributed by atoms with Crippen LogP contribution in [-0.4, -0.2) is 36.0 Å². The number of aliphatic hydroxyl groups is 1. The number of hydrogen-bond acceptors (Lipinski definition) is 3. The van der Waals surface area contributed by atoms with Gasteiger partial charge in [0.05, 0.1) is 6.10 Å². The Morgan fingerprint density at radius 2 is 2.12 bits per heavy atom. The summed E-state index contributed by atoms with van der Waals surface area (Å²) in [7, 11) is 0. The molecule has 1 aliphatic heterocycles. The van der Waals surface area contributed by atoms with Gasteiger partial charge in [0.1, 0.15) is 5.60 Å². The van der Waals surface area contributed by atoms with Gasteiger partial charge >= 0.3 is 0 Å². The molecule has 3 unspecified atom stereocenters. The monoisotopic (exact) mass is 227 g/mol. The maximum Gasteiger partial charge on any atom is 0.105 e. The first-order valence-corrected chi connectivity index (χ1v) is 6.69. The Morgan fingerprint density at radius 1 is 1.44 bits per heavy atom. The van der Waals surface area contributed by atoms with Crippen LogP contribution in [0.5, 0.6) is 0 Å². The number of rotatable bonds is 4. The predicted octanol–water partition coefficient (Wildman–Crippen LogP) is 1.69. The van der Waals surface area contributed by atoms with Crippen molar-refractivity contribution in [3.8, 4) is 0 Å². The molecule has 0 aromatic rings. The summed E-state index contributed by atoms with van der Waals surface area (Å²) >= 11 is 0. The molecule has 2 N–H and O–H groups in total. The third-order valence-corrected chi connectivity index (χ3v) is 4.50. The van der Waals surface area contributed by atoms with Gasteiger partial charge in [-0.2, -0.15) is 0 Å². The van der Waals surface area contributed by atoms with Crippen LogP contribution in [0.4, 0.5) is 0 Å². The molecule has 2 rings (SSSR count). The fraction of sp³-hybridized carbons (Fsp3) is 1.00. The Bertz CT molecular complexity index is 228. The zero-order valence-corrected chi connectivity index (χ0v) is 10.5. The molecule has 0 spiro atoms. The van der Waals surface area contributed by atoms with Crippen LogP contribution in [0.3, 0.4) is 0 Å². The molecule has 2 fully saturated rings. The fourth-order valence-corrected chi connectivity index (χ4v) is 2.96. The summed E-state index contributed by atoms with van der Waals surface area (Å²) in [5.74, 6) is 0.807. The highest BCUT2D eigenvalue weighted by Crippen LogP contribution is 2.29. The molecule has 0 aromatic heterocycles. The van der Waals surface area contributed by atoms with E-state index >= 15 is 0 Å². The smallest absolute Gasteiger partial charge is 0.105 e. The normalized spacial score (nSPS) is 38.1. The van der Waals surface area contributed by atoms with E-state index in [0.717, 1.165) is 12.3 Å². The lowest BCUT2D eigenvalue weighted by Crippen LogP contribution is -2.49. The molecule has 0 radical (unpaired) electrons. The molecule has 1 saturated carbocycles. The van der Waals surface area contributed by atoms with Crippen LogP contribution >= 0.6 is 0 Å². The highest BCUT2D eigenvalue weighted by Gasteiger charge is 2.39. The molecule has 3 heteroatoms. The summed E-state index contributed by atoms with van der Waals surface area (Å²) < 4.78 is 5.44. The molecule has 0 aromatic carbocycles. The first-order valence-electron chi connectivity index (χ1n) is 6.69. The molecule has 3 nitrogen and oxygen atoms in total. The largest absolute Gasteiger partial charge is 0.386 e. The van der Waals surface area contributed by atoms with E-state index in [1.54, 1.807) is 0 Å². The molecule has 0 bridgehead atoms. The average Bonchev–Trinajstić information content (AvgIpc) is 2.87. The highest BCUT2D eigenvalue weighted by atomic mass is 16.5. The van der Waals surface area contributed by atoms with E-state index in [9.17, 15) is 5.11 Å². The Labute approximate surface area is 98.6 Å². The van der Waals surface area contributed by atoms with Gasteiger partial charge in [0.2, 0.25) is 0 Å². The summed E-state index contributed by atoms with van der Waals surface area (Å²) in [6.07, 6.45) is 6.17. The third-order valence-electron chi connectivity index (χ3n) is 4.50. The maximum atomic E-state index is 10.4. The van der Waals surface area contributed by atoms with E-state index < -0.39 is 5.60 Å². The van der Waals surface area contributed by atoms with Crippen LogP contribution in [0.1, 0.15) is 46.0 Å². The van der Waals surface area contributed by atoms with Gasteiger partial charge in [0.15, 0.2) is 0 Å². The standard InChI is InChI=1S/C13H25NO2/c1-10(12-5-3-4-6-12)14-9-13(15)7-8-16-11(13)2/h10-12,14-15H,3-9H2,1-2H3. The van der Waals surface area contributed by atoms with Crippen molar-refractivity contribution in [3.63, 3.8) is 0 Å². The molecule has 1 aliphatic carbocycles. The topological polar surface area (TPSA) is 41.5 Å². The van der Waals surface area contributed by atoms with E-state index in [2.05, 4.69) is 12.2 Å². The SMILES string of the molecule is CC(NCC1(O)CCOC1C)C1CCCC1. The van der Waals surface area contributed by atoms with Crippen LogP contribution in [0.25, 0.3) is 0 Å². The van der Waals surface area contributed by atoms with Gasteiger partial charge in [0, 0.05) is 25.6 Å². The first-order chi connectivity index (χ1) is 7.62. The van der Waals surface area contributed by atoms with Crippen molar-refractivity contribution in [2.24, 2.45) is 5.92 Å². The zero-order chi connectivity index (χ0) is 11.6. The quantitative estimate of drug-likeness (QED) is 0.768. The number of ether oxygens (including phenoxy) is 1. The molecule has 2 aliphatic rings. The predicted molar refractivity (Wildman–Crippen MR) is 64.4 cm³/mol. The highest BCUT2D eigenvalue weighted by molar-refractivity contribution is 4.93. The Balaban J connectivity index is 1.77. The second-order valence-corrected chi connectivity index (χ2v) is 5.58. The van der Waals surface area contributed by atoms with Crippen LogP contribution in [0.2, 0.25) is 0 Å². The molecular weight excluding hydrogens is 202 g/mol. The molecule has 0 amide bonds. The van der Waals surface area contributed by atoms with E-state index in [1.807, 2.05) is 6.92 Å². The molecule has 1 saturated heterocycles. The minimum Gasteiger partial charge on any atom is -0.386 e. The molecule has 3 atom stereocenters. The van der Waals surface area contributed by atoms with Crippen molar-refractivity contribution < 1.29 is 9.84 Å². The van der Waals surface area contributed by atoms with Crippen LogP contribution in [-0.2, 0) is 4.74 Å². The summed E-state index contributed by atoms with van der Waals surface area (Å²) in [5.41, 5.74) is -0.646. The van der Waals surface area contributed by atoms with Crippen LogP contribution < -0.4 is 5.32 Å². The average molecular weight is 227 g/mol. The minimum absolute atomic E-state index is 0.0317. The second-order valence-electron chi connectivity index (χ2n) is 5.58. The first kappa shape index (κ1) is 12.3. The van der Waals surface area contributed by atoms with Crippen molar-refractivity contribution in [1.82, 2.24) is 5.32 Å². The summed E-state index contributed by atoms with van der Waals surface area (Å²) in [6.45, 7) is 5.58. The van der Waals surface area contributed by atoms with Gasteiger partial charge in [0.25, 0.3) is 0 Å². The van der Waals surface area contributed by atoms with Crippen molar-refractivity contribution >= 4 is 0 Å². The molecule has 1 heterocycles. The number of nitrogens with one attached hydrogen (secondary N) is 1. The molecule has 16 heavy (non-hydrogen) atoms. The van der Waals surface area contributed by atoms with E-state index in [4.69, 9.17) is 4.74 Å². The minimum atomic E-state index is -0.646. The lowest BCUT2D eigenvalue weighted by molar-refractivity contribution is -0.0283. The lowest BCUT2D eigenvalue weighted by Gasteiger charge is -2.30. The van der Waals surface area contributed by atoms with E-state index in [-0.39, 0.29) is 6.10 Å². The van der Waals surface area contributed by atoms with Gasteiger partial charge in [-0.05, 0) is 32.6 Å². The summed E-state index contributed by atoms with van der Waals surface area (Å²) in [5, 5.41) is 13.9. The van der Waals surface area contributed by atoms with Gasteiger partial charge in [-0.25, -0.2) is 0 Å². The van der Waals surface area contributed by atoms with E-state index in [1.165, 1.54) is 25.7 Å². The van der Waals surface area contributed by atoms with E-state index in [0.29, 0.717) is 19.2 Å². The summed E-state index contributed by atoms with van der Waals surface area (Å²) in [6, 6.07) is 0.527. The Morgan fingerprint density at radius 3 is 2.69 bits per heavy atom. The van der Waals surface area contributed by atoms with Crippen molar-refractivity contribution in [3.05, 3.63) is 0 Å². The van der Waals surface area contributed by atoms with Crippen LogP contribution in [0.15, 0.2) is 0 Å². The van der Waals surface area contributed by atoms with Crippen LogP contribution in [0, 0.1) is 5.92 Å². The van der Waals surface area contributed by atoms with Gasteiger partial charge in [-0.3, -0.25) is 0 Å². The third kappa shape index (κ3) is 2.58. The Hall–Kier alpha value is -0.120. The Kier molecular flexibility index (Phi) is 3.88. The van der Waals surface area contributed by atoms with Gasteiger partial charge in [-0.1, -0.05) is 12.8 Å². The van der Waals surface area contributed by atoms with Crippen molar-refractivity contribution in [1.29, 1.82) is 0 Å². The zero-order valence-electron chi connectivity index (χ0n) is 10.5. The maximum absolute atomic E-state index is 10.4.